The van der Waals surface area contributed by atoms with Gasteiger partial charge in [0.2, 0.25) is 0 Å². The summed E-state index contributed by atoms with van der Waals surface area (Å²) < 4.78 is 0. The lowest BCUT2D eigenvalue weighted by atomic mass is 9.91. The van der Waals surface area contributed by atoms with Gasteiger partial charge in [0.05, 0.1) is 27.9 Å². The fourth-order valence-corrected chi connectivity index (χ4v) is 6.53. The lowest BCUT2D eigenvalue weighted by Gasteiger charge is -2.15. The first-order chi connectivity index (χ1) is 21.8. The summed E-state index contributed by atoms with van der Waals surface area (Å²) in [5.74, 6) is 0. The minimum absolute atomic E-state index is 0.873. The standard InChI is InChI=1S/C41H25N3/c1-3-12-32-26(8-1)17-20-34-39(35-21-18-27-9-2-4-13-33(27)41(35)44-40(32)34)31-11-7-10-29(24-31)30-16-15-28-19-22-37(43-38(28)25-30)36-14-5-6-23-42-36/h1-25H. The van der Waals surface area contributed by atoms with Crippen LogP contribution in [0, 0.1) is 0 Å². The van der Waals surface area contributed by atoms with Gasteiger partial charge in [-0.15, -0.1) is 0 Å². The van der Waals surface area contributed by atoms with Crippen LogP contribution < -0.4 is 0 Å². The molecular formula is C41H25N3. The molecule has 0 aliphatic heterocycles. The molecule has 0 spiro atoms. The van der Waals surface area contributed by atoms with Crippen LogP contribution in [0.5, 0.6) is 0 Å². The first-order valence-electron chi connectivity index (χ1n) is 14.9. The Morgan fingerprint density at radius 1 is 0.364 bits per heavy atom. The molecule has 3 aromatic heterocycles. The lowest BCUT2D eigenvalue weighted by Crippen LogP contribution is -1.92. The minimum atomic E-state index is 0.873. The van der Waals surface area contributed by atoms with E-state index in [4.69, 9.17) is 9.97 Å². The van der Waals surface area contributed by atoms with Gasteiger partial charge in [-0.3, -0.25) is 4.98 Å². The van der Waals surface area contributed by atoms with Crippen LogP contribution in [0.2, 0.25) is 0 Å². The molecule has 9 aromatic rings. The number of nitrogens with zero attached hydrogens (tertiary/aromatic N) is 3. The molecule has 6 aromatic carbocycles. The number of aromatic nitrogens is 3. The van der Waals surface area contributed by atoms with Gasteiger partial charge in [0.1, 0.15) is 0 Å². The maximum atomic E-state index is 5.35. The summed E-state index contributed by atoms with van der Waals surface area (Å²) in [6.07, 6.45) is 1.81. The third-order valence-corrected chi connectivity index (χ3v) is 8.67. The van der Waals surface area contributed by atoms with Crippen molar-refractivity contribution in [3.8, 4) is 33.6 Å². The lowest BCUT2D eigenvalue weighted by molar-refractivity contribution is 1.28. The van der Waals surface area contributed by atoms with Crippen LogP contribution in [-0.4, -0.2) is 15.0 Å². The minimum Gasteiger partial charge on any atom is -0.255 e. The summed E-state index contributed by atoms with van der Waals surface area (Å²) in [5, 5.41) is 8.14. The van der Waals surface area contributed by atoms with E-state index in [-0.39, 0.29) is 0 Å². The molecule has 44 heavy (non-hydrogen) atoms. The van der Waals surface area contributed by atoms with E-state index < -0.39 is 0 Å². The third kappa shape index (κ3) is 3.94. The van der Waals surface area contributed by atoms with Crippen LogP contribution in [0.1, 0.15) is 0 Å². The van der Waals surface area contributed by atoms with E-state index in [1.807, 2.05) is 24.3 Å². The second-order valence-electron chi connectivity index (χ2n) is 11.3. The third-order valence-electron chi connectivity index (χ3n) is 8.67. The molecule has 204 valence electrons. The zero-order valence-electron chi connectivity index (χ0n) is 23.8. The summed E-state index contributed by atoms with van der Waals surface area (Å²) in [5.41, 5.74) is 9.41. The Kier molecular flexibility index (Phi) is 5.50. The van der Waals surface area contributed by atoms with Crippen LogP contribution >= 0.6 is 0 Å². The van der Waals surface area contributed by atoms with Crippen molar-refractivity contribution in [2.45, 2.75) is 0 Å². The van der Waals surface area contributed by atoms with Gasteiger partial charge in [0.15, 0.2) is 0 Å². The highest BCUT2D eigenvalue weighted by molar-refractivity contribution is 6.21. The number of hydrogen-bond donors (Lipinski definition) is 0. The summed E-state index contributed by atoms with van der Waals surface area (Å²) in [7, 11) is 0. The zero-order valence-corrected chi connectivity index (χ0v) is 23.8. The van der Waals surface area contributed by atoms with E-state index in [1.165, 1.54) is 32.7 Å². The molecule has 0 bridgehead atoms. The Bertz CT molecular complexity index is 2460. The predicted molar refractivity (Wildman–Crippen MR) is 184 cm³/mol. The van der Waals surface area contributed by atoms with Gasteiger partial charge in [0, 0.05) is 38.7 Å². The van der Waals surface area contributed by atoms with Crippen LogP contribution in [0.15, 0.2) is 152 Å². The van der Waals surface area contributed by atoms with Gasteiger partial charge in [-0.25, -0.2) is 9.97 Å². The van der Waals surface area contributed by atoms with Crippen molar-refractivity contribution in [3.63, 3.8) is 0 Å². The molecule has 0 N–H and O–H groups in total. The fourth-order valence-electron chi connectivity index (χ4n) is 6.53. The fraction of sp³-hybridized carbons (Fsp3) is 0. The van der Waals surface area contributed by atoms with Crippen molar-refractivity contribution in [1.29, 1.82) is 0 Å². The maximum Gasteiger partial charge on any atom is 0.0893 e. The van der Waals surface area contributed by atoms with E-state index in [2.05, 4.69) is 126 Å². The molecule has 0 saturated heterocycles. The highest BCUT2D eigenvalue weighted by atomic mass is 14.8. The molecule has 0 fully saturated rings. The first-order valence-corrected chi connectivity index (χ1v) is 14.9. The van der Waals surface area contributed by atoms with Crippen LogP contribution in [0.3, 0.4) is 0 Å². The monoisotopic (exact) mass is 559 g/mol. The first kappa shape index (κ1) is 24.6. The van der Waals surface area contributed by atoms with E-state index >= 15 is 0 Å². The van der Waals surface area contributed by atoms with Crippen LogP contribution in [-0.2, 0) is 0 Å². The molecule has 0 amide bonds. The molecule has 0 saturated carbocycles. The molecule has 0 aliphatic rings. The molecule has 0 aliphatic carbocycles. The summed E-state index contributed by atoms with van der Waals surface area (Å²) in [4.78, 5) is 14.8. The Hall–Kier alpha value is -5.93. The summed E-state index contributed by atoms with van der Waals surface area (Å²) in [6.45, 7) is 0. The van der Waals surface area contributed by atoms with Crippen molar-refractivity contribution < 1.29 is 0 Å². The average molecular weight is 560 g/mol. The van der Waals surface area contributed by atoms with Crippen LogP contribution in [0.4, 0.5) is 0 Å². The molecule has 0 unspecified atom stereocenters. The Morgan fingerprint density at radius 3 is 1.73 bits per heavy atom. The van der Waals surface area contributed by atoms with Crippen molar-refractivity contribution in [2.75, 3.05) is 0 Å². The molecule has 0 radical (unpaired) electrons. The van der Waals surface area contributed by atoms with Crippen molar-refractivity contribution in [1.82, 2.24) is 15.0 Å². The molecule has 3 nitrogen and oxygen atoms in total. The van der Waals surface area contributed by atoms with E-state index in [1.54, 1.807) is 6.20 Å². The van der Waals surface area contributed by atoms with Gasteiger partial charge in [-0.05, 0) is 57.8 Å². The highest BCUT2D eigenvalue weighted by Crippen LogP contribution is 2.41. The number of fused-ring (bicyclic) bond motifs is 7. The maximum absolute atomic E-state index is 5.35. The molecule has 3 heterocycles. The topological polar surface area (TPSA) is 38.7 Å². The zero-order chi connectivity index (χ0) is 29.0. The Labute approximate surface area is 254 Å². The van der Waals surface area contributed by atoms with Gasteiger partial charge in [-0.2, -0.15) is 0 Å². The molecule has 0 atom stereocenters. The van der Waals surface area contributed by atoms with Gasteiger partial charge >= 0.3 is 0 Å². The number of pyridine rings is 3. The Morgan fingerprint density at radius 2 is 1.00 bits per heavy atom. The SMILES string of the molecule is c1ccc(-c2ccc3ccc(-c4cccc(-c5c6ccc7ccccc7c6nc6c5ccc5ccccc56)c4)cc3n2)nc1. The predicted octanol–water partition coefficient (Wildman–Crippen LogP) is 10.6. The Balaban J connectivity index is 1.28. The second kappa shape index (κ2) is 9.82. The van der Waals surface area contributed by atoms with E-state index in [9.17, 15) is 0 Å². The number of benzene rings is 6. The molecule has 3 heteroatoms. The largest absolute Gasteiger partial charge is 0.255 e. The van der Waals surface area contributed by atoms with E-state index in [0.29, 0.717) is 0 Å². The summed E-state index contributed by atoms with van der Waals surface area (Å²) in [6, 6.07) is 51.5. The van der Waals surface area contributed by atoms with Gasteiger partial charge in [-0.1, -0.05) is 115 Å². The van der Waals surface area contributed by atoms with E-state index in [0.717, 1.165) is 55.2 Å². The smallest absolute Gasteiger partial charge is 0.0893 e. The van der Waals surface area contributed by atoms with Gasteiger partial charge < -0.3 is 0 Å². The molecule has 9 rings (SSSR count). The number of rotatable bonds is 3. The quantitative estimate of drug-likeness (QED) is 0.160. The summed E-state index contributed by atoms with van der Waals surface area (Å²) >= 11 is 0. The van der Waals surface area contributed by atoms with Crippen molar-refractivity contribution >= 4 is 54.3 Å². The second-order valence-corrected chi connectivity index (χ2v) is 11.3. The van der Waals surface area contributed by atoms with Crippen LogP contribution in [0.25, 0.3) is 87.9 Å². The highest BCUT2D eigenvalue weighted by Gasteiger charge is 2.16. The van der Waals surface area contributed by atoms with Crippen molar-refractivity contribution in [2.24, 2.45) is 0 Å². The van der Waals surface area contributed by atoms with Gasteiger partial charge in [0.25, 0.3) is 0 Å². The normalized spacial score (nSPS) is 11.6. The molecular weight excluding hydrogens is 534 g/mol. The van der Waals surface area contributed by atoms with Crippen molar-refractivity contribution in [3.05, 3.63) is 152 Å². The number of hydrogen-bond acceptors (Lipinski definition) is 3. The average Bonchev–Trinajstić information content (AvgIpc) is 3.10.